The molecule has 1 atom stereocenters. The Labute approximate surface area is 92.9 Å². The zero-order chi connectivity index (χ0) is 12.2. The lowest BCUT2D eigenvalue weighted by Crippen LogP contribution is -2.37. The van der Waals surface area contributed by atoms with E-state index in [9.17, 15) is 13.2 Å². The second kappa shape index (κ2) is 5.10. The highest BCUT2D eigenvalue weighted by Crippen LogP contribution is 2.30. The number of imidazole rings is 1. The fourth-order valence-corrected chi connectivity index (χ4v) is 1.88. The monoisotopic (exact) mass is 254 g/mol. The van der Waals surface area contributed by atoms with E-state index < -0.39 is 23.7 Å². The fraction of sp³-hybridized carbons (Fsp3) is 0.429. The van der Waals surface area contributed by atoms with Gasteiger partial charge in [-0.2, -0.15) is 13.2 Å². The third-order valence-corrected chi connectivity index (χ3v) is 2.72. The summed E-state index contributed by atoms with van der Waals surface area (Å²) in [6.07, 6.45) is -1.63. The minimum Gasteiger partial charge on any atom is -0.409 e. The van der Waals surface area contributed by atoms with Crippen molar-refractivity contribution in [3.8, 4) is 0 Å². The quantitative estimate of drug-likeness (QED) is 0.249. The maximum absolute atomic E-state index is 12.5. The summed E-state index contributed by atoms with van der Waals surface area (Å²) in [4.78, 5) is 6.39. The number of aromatic nitrogens is 2. The first kappa shape index (κ1) is 12.7. The van der Waals surface area contributed by atoms with Crippen molar-refractivity contribution >= 4 is 17.6 Å². The Kier molecular flexibility index (Phi) is 4.05. The molecule has 0 spiro atoms. The SMILES string of the molecule is N/C(=N/O)C(CSc1ncc[nH]1)C(F)(F)F. The van der Waals surface area contributed by atoms with Gasteiger partial charge in [-0.25, -0.2) is 4.98 Å². The van der Waals surface area contributed by atoms with E-state index in [1.54, 1.807) is 0 Å². The molecule has 16 heavy (non-hydrogen) atoms. The lowest BCUT2D eigenvalue weighted by Gasteiger charge is -2.17. The van der Waals surface area contributed by atoms with E-state index in [4.69, 9.17) is 10.9 Å². The fourth-order valence-electron chi connectivity index (χ4n) is 0.909. The molecule has 0 fully saturated rings. The van der Waals surface area contributed by atoms with Crippen LogP contribution in [0.3, 0.4) is 0 Å². The minimum absolute atomic E-state index is 0.347. The maximum atomic E-state index is 12.5. The van der Waals surface area contributed by atoms with Gasteiger partial charge in [0.05, 0.1) is 0 Å². The van der Waals surface area contributed by atoms with Crippen molar-refractivity contribution in [3.63, 3.8) is 0 Å². The molecule has 1 heterocycles. The number of hydrogen-bond donors (Lipinski definition) is 3. The Hall–Kier alpha value is -1.38. The van der Waals surface area contributed by atoms with Gasteiger partial charge in [0.2, 0.25) is 0 Å². The highest BCUT2D eigenvalue weighted by atomic mass is 32.2. The molecule has 0 aliphatic rings. The molecule has 90 valence electrons. The number of halogens is 3. The molecule has 0 aromatic carbocycles. The number of amidine groups is 1. The van der Waals surface area contributed by atoms with E-state index in [1.165, 1.54) is 12.4 Å². The lowest BCUT2D eigenvalue weighted by atomic mass is 10.1. The first-order valence-corrected chi connectivity index (χ1v) is 5.10. The van der Waals surface area contributed by atoms with Crippen molar-refractivity contribution in [2.75, 3.05) is 5.75 Å². The van der Waals surface area contributed by atoms with Crippen LogP contribution in [0.1, 0.15) is 0 Å². The third-order valence-electron chi connectivity index (χ3n) is 1.73. The number of H-pyrrole nitrogens is 1. The molecule has 5 nitrogen and oxygen atoms in total. The van der Waals surface area contributed by atoms with E-state index in [1.807, 2.05) is 0 Å². The molecule has 0 radical (unpaired) electrons. The zero-order valence-electron chi connectivity index (χ0n) is 7.90. The van der Waals surface area contributed by atoms with Crippen LogP contribution in [0, 0.1) is 5.92 Å². The van der Waals surface area contributed by atoms with Crippen LogP contribution in [0.25, 0.3) is 0 Å². The Morgan fingerprint density at radius 1 is 1.69 bits per heavy atom. The number of rotatable bonds is 4. The van der Waals surface area contributed by atoms with Crippen LogP contribution < -0.4 is 5.73 Å². The molecule has 0 amide bonds. The van der Waals surface area contributed by atoms with Gasteiger partial charge < -0.3 is 15.9 Å². The Morgan fingerprint density at radius 3 is 2.81 bits per heavy atom. The molecule has 0 saturated heterocycles. The molecular weight excluding hydrogens is 245 g/mol. The van der Waals surface area contributed by atoms with E-state index in [0.29, 0.717) is 5.16 Å². The summed E-state index contributed by atoms with van der Waals surface area (Å²) >= 11 is 0.847. The largest absolute Gasteiger partial charge is 0.409 e. The van der Waals surface area contributed by atoms with Gasteiger partial charge in [-0.3, -0.25) is 0 Å². The molecule has 0 saturated carbocycles. The molecule has 0 bridgehead atoms. The van der Waals surface area contributed by atoms with Crippen LogP contribution in [0.5, 0.6) is 0 Å². The summed E-state index contributed by atoms with van der Waals surface area (Å²) in [6.45, 7) is 0. The molecule has 1 rings (SSSR count). The zero-order valence-corrected chi connectivity index (χ0v) is 8.72. The average Bonchev–Trinajstić information content (AvgIpc) is 2.68. The van der Waals surface area contributed by atoms with Gasteiger partial charge in [0.25, 0.3) is 0 Å². The summed E-state index contributed by atoms with van der Waals surface area (Å²) in [5, 5.41) is 11.0. The summed E-state index contributed by atoms with van der Waals surface area (Å²) in [5.74, 6) is -3.24. The minimum atomic E-state index is -4.55. The lowest BCUT2D eigenvalue weighted by molar-refractivity contribution is -0.150. The second-order valence-electron chi connectivity index (χ2n) is 2.82. The summed E-state index contributed by atoms with van der Waals surface area (Å²) in [7, 11) is 0. The predicted molar refractivity (Wildman–Crippen MR) is 52.3 cm³/mol. The normalized spacial score (nSPS) is 15.1. The Bertz CT molecular complexity index is 351. The van der Waals surface area contributed by atoms with Crippen molar-refractivity contribution in [1.82, 2.24) is 9.97 Å². The standard InChI is InChI=1S/C7H9F3N4OS/c8-7(9,10)4(5(11)14-15)3-16-6-12-1-2-13-6/h1-2,4,15H,3H2,(H2,11,14)(H,12,13). The number of hydrogen-bond acceptors (Lipinski definition) is 4. The Balaban J connectivity index is 2.65. The molecule has 1 aromatic rings. The molecule has 1 aromatic heterocycles. The topological polar surface area (TPSA) is 87.3 Å². The van der Waals surface area contributed by atoms with Crippen molar-refractivity contribution in [1.29, 1.82) is 0 Å². The molecule has 0 aliphatic heterocycles. The second-order valence-corrected chi connectivity index (χ2v) is 3.83. The number of nitrogens with two attached hydrogens (primary N) is 1. The molecule has 4 N–H and O–H groups in total. The van der Waals surface area contributed by atoms with E-state index >= 15 is 0 Å². The average molecular weight is 254 g/mol. The van der Waals surface area contributed by atoms with Gasteiger partial charge in [0.15, 0.2) is 11.0 Å². The number of nitrogens with one attached hydrogen (secondary N) is 1. The van der Waals surface area contributed by atoms with Crippen molar-refractivity contribution < 1.29 is 18.4 Å². The first-order valence-electron chi connectivity index (χ1n) is 4.11. The highest BCUT2D eigenvalue weighted by molar-refractivity contribution is 7.99. The van der Waals surface area contributed by atoms with Crippen molar-refractivity contribution in [2.45, 2.75) is 11.3 Å². The van der Waals surface area contributed by atoms with Crippen molar-refractivity contribution in [2.24, 2.45) is 16.8 Å². The summed E-state index contributed by atoms with van der Waals surface area (Å²) < 4.78 is 37.4. The Morgan fingerprint density at radius 2 is 2.38 bits per heavy atom. The van der Waals surface area contributed by atoms with Gasteiger partial charge >= 0.3 is 6.18 Å². The summed E-state index contributed by atoms with van der Waals surface area (Å²) in [6, 6.07) is 0. The van der Waals surface area contributed by atoms with Gasteiger partial charge in [-0.05, 0) is 0 Å². The number of alkyl halides is 3. The van der Waals surface area contributed by atoms with Crippen molar-refractivity contribution in [3.05, 3.63) is 12.4 Å². The van der Waals surface area contributed by atoms with E-state index in [2.05, 4.69) is 15.1 Å². The number of thioether (sulfide) groups is 1. The predicted octanol–water partition coefficient (Wildman–Crippen LogP) is 1.43. The number of nitrogens with zero attached hydrogens (tertiary/aromatic N) is 2. The van der Waals surface area contributed by atoms with Gasteiger partial charge in [0, 0.05) is 18.1 Å². The molecule has 9 heteroatoms. The van der Waals surface area contributed by atoms with Crippen LogP contribution in [0.2, 0.25) is 0 Å². The molecular formula is C7H9F3N4OS. The van der Waals surface area contributed by atoms with E-state index in [0.717, 1.165) is 11.8 Å². The number of aromatic amines is 1. The van der Waals surface area contributed by atoms with Crippen LogP contribution >= 0.6 is 11.8 Å². The van der Waals surface area contributed by atoms with Gasteiger partial charge in [0.1, 0.15) is 5.92 Å². The van der Waals surface area contributed by atoms with Crippen LogP contribution in [-0.2, 0) is 0 Å². The third kappa shape index (κ3) is 3.33. The molecule has 1 unspecified atom stereocenters. The van der Waals surface area contributed by atoms with Gasteiger partial charge in [-0.1, -0.05) is 16.9 Å². The van der Waals surface area contributed by atoms with Crippen LogP contribution in [0.15, 0.2) is 22.7 Å². The molecule has 0 aliphatic carbocycles. The first-order chi connectivity index (χ1) is 7.45. The van der Waals surface area contributed by atoms with Crippen LogP contribution in [0.4, 0.5) is 13.2 Å². The highest BCUT2D eigenvalue weighted by Gasteiger charge is 2.42. The summed E-state index contributed by atoms with van der Waals surface area (Å²) in [5.41, 5.74) is 4.98. The maximum Gasteiger partial charge on any atom is 0.399 e. The number of oxime groups is 1. The van der Waals surface area contributed by atoms with E-state index in [-0.39, 0.29) is 0 Å². The van der Waals surface area contributed by atoms with Crippen LogP contribution in [-0.4, -0.2) is 32.9 Å². The van der Waals surface area contributed by atoms with Gasteiger partial charge in [-0.15, -0.1) is 0 Å². The smallest absolute Gasteiger partial charge is 0.399 e.